The van der Waals surface area contributed by atoms with Gasteiger partial charge in [0.25, 0.3) is 15.9 Å². The maximum atomic E-state index is 12.5. The van der Waals surface area contributed by atoms with Gasteiger partial charge in [0.1, 0.15) is 0 Å². The molecule has 27 heavy (non-hydrogen) atoms. The van der Waals surface area contributed by atoms with Gasteiger partial charge in [0.2, 0.25) is 0 Å². The minimum atomic E-state index is -3.70. The molecule has 0 aliphatic rings. The molecule has 3 rings (SSSR count). The Morgan fingerprint density at radius 1 is 0.889 bits per heavy atom. The van der Waals surface area contributed by atoms with Crippen LogP contribution in [0.15, 0.2) is 77.7 Å². The molecule has 0 unspecified atom stereocenters. The molecule has 2 N–H and O–H groups in total. The number of nitrogens with one attached hydrogen (secondary N) is 2. The largest absolute Gasteiger partial charge is 0.322 e. The molecule has 0 fully saturated rings. The summed E-state index contributed by atoms with van der Waals surface area (Å²) in [6.45, 7) is 1.89. The Balaban J connectivity index is 1.73. The van der Waals surface area contributed by atoms with Gasteiger partial charge in [-0.05, 0) is 89.7 Å². The lowest BCUT2D eigenvalue weighted by Crippen LogP contribution is -2.14. The average molecular weight is 492 g/mol. The van der Waals surface area contributed by atoms with Gasteiger partial charge in [0.15, 0.2) is 0 Å². The fourth-order valence-electron chi connectivity index (χ4n) is 2.47. The van der Waals surface area contributed by atoms with Crippen molar-refractivity contribution < 1.29 is 13.2 Å². The van der Waals surface area contributed by atoms with Crippen LogP contribution in [0, 0.1) is 10.5 Å². The van der Waals surface area contributed by atoms with Crippen molar-refractivity contribution in [2.75, 3.05) is 10.0 Å². The Kier molecular flexibility index (Phi) is 5.81. The molecule has 0 heterocycles. The summed E-state index contributed by atoms with van der Waals surface area (Å²) in [6, 6.07) is 20.4. The van der Waals surface area contributed by atoms with Crippen molar-refractivity contribution in [3.63, 3.8) is 0 Å². The molecule has 7 heteroatoms. The van der Waals surface area contributed by atoms with Crippen molar-refractivity contribution in [2.24, 2.45) is 0 Å². The molecular weight excluding hydrogens is 475 g/mol. The SMILES string of the molecule is Cc1cccc(NS(=O)(=O)c2ccc(NC(=O)c3cccc(I)c3)cc2)c1. The van der Waals surface area contributed by atoms with Gasteiger partial charge in [0.05, 0.1) is 4.90 Å². The number of benzene rings is 3. The van der Waals surface area contributed by atoms with E-state index in [9.17, 15) is 13.2 Å². The summed E-state index contributed by atoms with van der Waals surface area (Å²) in [5, 5.41) is 2.76. The van der Waals surface area contributed by atoms with E-state index in [1.165, 1.54) is 12.1 Å². The Morgan fingerprint density at radius 3 is 2.26 bits per heavy atom. The van der Waals surface area contributed by atoms with Gasteiger partial charge in [-0.25, -0.2) is 8.42 Å². The summed E-state index contributed by atoms with van der Waals surface area (Å²) < 4.78 is 28.5. The Bertz CT molecular complexity index is 1080. The van der Waals surface area contributed by atoms with E-state index in [2.05, 4.69) is 32.6 Å². The van der Waals surface area contributed by atoms with E-state index in [4.69, 9.17) is 0 Å². The van der Waals surface area contributed by atoms with Crippen LogP contribution in [0.3, 0.4) is 0 Å². The second kappa shape index (κ2) is 8.10. The molecule has 0 saturated carbocycles. The van der Waals surface area contributed by atoms with Gasteiger partial charge in [-0.15, -0.1) is 0 Å². The number of hydrogen-bond acceptors (Lipinski definition) is 3. The van der Waals surface area contributed by atoms with Crippen molar-refractivity contribution in [3.05, 3.63) is 87.5 Å². The smallest absolute Gasteiger partial charge is 0.261 e. The molecule has 1 amide bonds. The van der Waals surface area contributed by atoms with Crippen molar-refractivity contribution in [2.45, 2.75) is 11.8 Å². The van der Waals surface area contributed by atoms with E-state index in [1.807, 2.05) is 25.1 Å². The lowest BCUT2D eigenvalue weighted by atomic mass is 10.2. The second-order valence-electron chi connectivity index (χ2n) is 5.96. The summed E-state index contributed by atoms with van der Waals surface area (Å²) in [5.74, 6) is -0.248. The number of aryl methyl sites for hydroxylation is 1. The zero-order chi connectivity index (χ0) is 19.4. The number of amides is 1. The average Bonchev–Trinajstić information content (AvgIpc) is 2.62. The van der Waals surface area contributed by atoms with Crippen LogP contribution in [-0.2, 0) is 10.0 Å². The number of sulfonamides is 1. The lowest BCUT2D eigenvalue weighted by molar-refractivity contribution is 0.102. The lowest BCUT2D eigenvalue weighted by Gasteiger charge is -2.10. The van der Waals surface area contributed by atoms with Gasteiger partial charge in [-0.1, -0.05) is 18.2 Å². The van der Waals surface area contributed by atoms with Crippen LogP contribution in [0.5, 0.6) is 0 Å². The molecule has 3 aromatic carbocycles. The number of carbonyl (C=O) groups excluding carboxylic acids is 1. The summed E-state index contributed by atoms with van der Waals surface area (Å²) >= 11 is 2.14. The first-order valence-corrected chi connectivity index (χ1v) is 10.7. The molecule has 0 saturated heterocycles. The van der Waals surface area contributed by atoms with Gasteiger partial charge < -0.3 is 5.32 Å². The third kappa shape index (κ3) is 5.08. The van der Waals surface area contributed by atoms with Gasteiger partial charge in [-0.2, -0.15) is 0 Å². The highest BCUT2D eigenvalue weighted by atomic mass is 127. The van der Waals surface area contributed by atoms with Crippen LogP contribution in [0.1, 0.15) is 15.9 Å². The van der Waals surface area contributed by atoms with Crippen LogP contribution in [0.25, 0.3) is 0 Å². The van der Waals surface area contributed by atoms with Crippen LogP contribution in [0.2, 0.25) is 0 Å². The fourth-order valence-corrected chi connectivity index (χ4v) is 4.07. The van der Waals surface area contributed by atoms with Gasteiger partial charge >= 0.3 is 0 Å². The first kappa shape index (κ1) is 19.4. The van der Waals surface area contributed by atoms with Crippen LogP contribution in [0.4, 0.5) is 11.4 Å². The number of rotatable bonds is 5. The topological polar surface area (TPSA) is 75.3 Å². The predicted octanol–water partition coefficient (Wildman–Crippen LogP) is 4.65. The molecular formula is C20H17IN2O3S. The van der Waals surface area contributed by atoms with E-state index < -0.39 is 10.0 Å². The summed E-state index contributed by atoms with van der Waals surface area (Å²) in [7, 11) is -3.70. The van der Waals surface area contributed by atoms with Gasteiger partial charge in [0, 0.05) is 20.5 Å². The van der Waals surface area contributed by atoms with Crippen molar-refractivity contribution >= 4 is 49.9 Å². The minimum absolute atomic E-state index is 0.122. The van der Waals surface area contributed by atoms with Crippen molar-refractivity contribution in [3.8, 4) is 0 Å². The molecule has 5 nitrogen and oxygen atoms in total. The van der Waals surface area contributed by atoms with E-state index in [0.29, 0.717) is 16.9 Å². The summed E-state index contributed by atoms with van der Waals surface area (Å²) in [5.41, 5.74) is 2.53. The molecule has 138 valence electrons. The molecule has 0 aliphatic carbocycles. The molecule has 0 atom stereocenters. The molecule has 0 aromatic heterocycles. The minimum Gasteiger partial charge on any atom is -0.322 e. The quantitative estimate of drug-likeness (QED) is 0.510. The highest BCUT2D eigenvalue weighted by Gasteiger charge is 2.14. The first-order chi connectivity index (χ1) is 12.8. The first-order valence-electron chi connectivity index (χ1n) is 8.10. The maximum Gasteiger partial charge on any atom is 0.261 e. The molecule has 0 radical (unpaired) electrons. The van der Waals surface area contributed by atoms with E-state index in [1.54, 1.807) is 42.5 Å². The maximum absolute atomic E-state index is 12.5. The number of hydrogen-bond donors (Lipinski definition) is 2. The third-order valence-electron chi connectivity index (χ3n) is 3.78. The van der Waals surface area contributed by atoms with Crippen LogP contribution < -0.4 is 10.0 Å². The van der Waals surface area contributed by atoms with E-state index in [-0.39, 0.29) is 10.8 Å². The highest BCUT2D eigenvalue weighted by Crippen LogP contribution is 2.19. The number of halogens is 1. The Labute approximate surface area is 172 Å². The predicted molar refractivity (Wildman–Crippen MR) is 116 cm³/mol. The van der Waals surface area contributed by atoms with Crippen molar-refractivity contribution in [1.82, 2.24) is 0 Å². The summed E-state index contributed by atoms with van der Waals surface area (Å²) in [4.78, 5) is 12.4. The highest BCUT2D eigenvalue weighted by molar-refractivity contribution is 14.1. The summed E-state index contributed by atoms with van der Waals surface area (Å²) in [6.07, 6.45) is 0. The molecule has 0 spiro atoms. The zero-order valence-corrected chi connectivity index (χ0v) is 17.4. The second-order valence-corrected chi connectivity index (χ2v) is 8.89. The normalized spacial score (nSPS) is 11.0. The van der Waals surface area contributed by atoms with Crippen LogP contribution in [-0.4, -0.2) is 14.3 Å². The third-order valence-corrected chi connectivity index (χ3v) is 5.85. The molecule has 0 bridgehead atoms. The molecule has 3 aromatic rings. The number of anilines is 2. The van der Waals surface area contributed by atoms with E-state index >= 15 is 0 Å². The zero-order valence-electron chi connectivity index (χ0n) is 14.4. The number of carbonyl (C=O) groups is 1. The fraction of sp³-hybridized carbons (Fsp3) is 0.0500. The Morgan fingerprint density at radius 2 is 1.59 bits per heavy atom. The monoisotopic (exact) mass is 492 g/mol. The van der Waals surface area contributed by atoms with E-state index in [0.717, 1.165) is 9.13 Å². The Hall–Kier alpha value is -2.39. The van der Waals surface area contributed by atoms with Gasteiger partial charge in [-0.3, -0.25) is 9.52 Å². The van der Waals surface area contributed by atoms with Crippen molar-refractivity contribution in [1.29, 1.82) is 0 Å². The van der Waals surface area contributed by atoms with Crippen LogP contribution >= 0.6 is 22.6 Å². The molecule has 0 aliphatic heterocycles. The standard InChI is InChI=1S/C20H17IN2O3S/c1-14-4-2-7-18(12-14)23-27(25,26)19-10-8-17(9-11-19)22-20(24)15-5-3-6-16(21)13-15/h2-13,23H,1H3,(H,22,24).